The van der Waals surface area contributed by atoms with Crippen molar-refractivity contribution < 1.29 is 0 Å². The van der Waals surface area contributed by atoms with Gasteiger partial charge in [0.05, 0.1) is 18.6 Å². The number of hydrogen-bond donors (Lipinski definition) is 1. The van der Waals surface area contributed by atoms with Gasteiger partial charge in [-0.25, -0.2) is 4.98 Å². The molecule has 4 heteroatoms. The van der Waals surface area contributed by atoms with Crippen molar-refractivity contribution in [2.45, 2.75) is 31.8 Å². The molecule has 2 heterocycles. The standard InChI is InChI=1S/C13H18N4/c1-16-9-15-5-11(16)7-17-6-10-3-2-4-13(14)12(10)8-17/h5-6,8-9,13H,2-4,7,14H2,1H3. The Morgan fingerprint density at radius 3 is 3.06 bits per heavy atom. The van der Waals surface area contributed by atoms with Crippen molar-refractivity contribution in [2.75, 3.05) is 0 Å². The van der Waals surface area contributed by atoms with Crippen molar-refractivity contribution in [3.05, 3.63) is 41.7 Å². The lowest BCUT2D eigenvalue weighted by molar-refractivity contribution is 0.573. The molecule has 17 heavy (non-hydrogen) atoms. The van der Waals surface area contributed by atoms with Crippen molar-refractivity contribution >= 4 is 0 Å². The van der Waals surface area contributed by atoms with Gasteiger partial charge >= 0.3 is 0 Å². The highest BCUT2D eigenvalue weighted by molar-refractivity contribution is 5.30. The maximum absolute atomic E-state index is 6.13. The van der Waals surface area contributed by atoms with Crippen LogP contribution in [-0.2, 0) is 20.0 Å². The van der Waals surface area contributed by atoms with Gasteiger partial charge in [-0.15, -0.1) is 0 Å². The molecule has 2 aromatic rings. The second-order valence-corrected chi connectivity index (χ2v) is 4.91. The highest BCUT2D eigenvalue weighted by Crippen LogP contribution is 2.28. The van der Waals surface area contributed by atoms with E-state index in [4.69, 9.17) is 5.73 Å². The molecule has 0 saturated carbocycles. The first-order valence-corrected chi connectivity index (χ1v) is 6.13. The maximum Gasteiger partial charge on any atom is 0.0946 e. The molecule has 0 saturated heterocycles. The SMILES string of the molecule is Cn1cncc1Cn1cc2c(c1)C(N)CCC2. The largest absolute Gasteiger partial charge is 0.348 e. The number of nitrogens with zero attached hydrogens (tertiary/aromatic N) is 3. The summed E-state index contributed by atoms with van der Waals surface area (Å²) in [4.78, 5) is 4.14. The molecule has 0 aromatic carbocycles. The Kier molecular flexibility index (Phi) is 2.52. The fourth-order valence-corrected chi connectivity index (χ4v) is 2.60. The lowest BCUT2D eigenvalue weighted by Crippen LogP contribution is -2.15. The Morgan fingerprint density at radius 1 is 1.47 bits per heavy atom. The third-order valence-corrected chi connectivity index (χ3v) is 3.62. The monoisotopic (exact) mass is 230 g/mol. The van der Waals surface area contributed by atoms with Crippen molar-refractivity contribution in [2.24, 2.45) is 12.8 Å². The summed E-state index contributed by atoms with van der Waals surface area (Å²) in [6.07, 6.45) is 11.7. The minimum absolute atomic E-state index is 0.228. The topological polar surface area (TPSA) is 48.8 Å². The van der Waals surface area contributed by atoms with Crippen molar-refractivity contribution in [3.8, 4) is 0 Å². The fourth-order valence-electron chi connectivity index (χ4n) is 2.60. The summed E-state index contributed by atoms with van der Waals surface area (Å²) in [5, 5.41) is 0. The van der Waals surface area contributed by atoms with Crippen LogP contribution in [0.1, 0.15) is 35.7 Å². The van der Waals surface area contributed by atoms with E-state index in [1.54, 1.807) is 0 Å². The molecule has 1 aliphatic carbocycles. The van der Waals surface area contributed by atoms with Crippen molar-refractivity contribution in [1.82, 2.24) is 14.1 Å². The second-order valence-electron chi connectivity index (χ2n) is 4.91. The van der Waals surface area contributed by atoms with E-state index in [1.807, 2.05) is 19.6 Å². The smallest absolute Gasteiger partial charge is 0.0946 e. The number of rotatable bonds is 2. The first kappa shape index (κ1) is 10.6. The molecule has 0 bridgehead atoms. The Morgan fingerprint density at radius 2 is 2.35 bits per heavy atom. The van der Waals surface area contributed by atoms with Gasteiger partial charge in [-0.05, 0) is 30.4 Å². The normalized spacial score (nSPS) is 19.3. The zero-order chi connectivity index (χ0) is 11.8. The molecule has 2 N–H and O–H groups in total. The van der Waals surface area contributed by atoms with Gasteiger partial charge in [-0.2, -0.15) is 0 Å². The van der Waals surface area contributed by atoms with Gasteiger partial charge < -0.3 is 14.9 Å². The van der Waals surface area contributed by atoms with E-state index in [-0.39, 0.29) is 6.04 Å². The zero-order valence-corrected chi connectivity index (χ0v) is 10.1. The van der Waals surface area contributed by atoms with Gasteiger partial charge in [-0.3, -0.25) is 0 Å². The van der Waals surface area contributed by atoms with Crippen LogP contribution in [0, 0.1) is 0 Å². The molecule has 0 radical (unpaired) electrons. The highest BCUT2D eigenvalue weighted by atomic mass is 15.1. The third kappa shape index (κ3) is 1.89. The molecule has 0 fully saturated rings. The van der Waals surface area contributed by atoms with Crippen LogP contribution in [0.25, 0.3) is 0 Å². The number of nitrogens with two attached hydrogens (primary N) is 1. The zero-order valence-electron chi connectivity index (χ0n) is 10.1. The molecular formula is C13H18N4. The Labute approximate surface area is 101 Å². The van der Waals surface area contributed by atoms with Gasteiger partial charge in [0.15, 0.2) is 0 Å². The summed E-state index contributed by atoms with van der Waals surface area (Å²) < 4.78 is 4.28. The number of fused-ring (bicyclic) bond motifs is 1. The van der Waals surface area contributed by atoms with Crippen LogP contribution in [0.15, 0.2) is 24.9 Å². The van der Waals surface area contributed by atoms with E-state index in [9.17, 15) is 0 Å². The Hall–Kier alpha value is -1.55. The van der Waals surface area contributed by atoms with Crippen LogP contribution in [-0.4, -0.2) is 14.1 Å². The lowest BCUT2D eigenvalue weighted by atomic mass is 9.92. The number of aryl methyl sites for hydroxylation is 2. The van der Waals surface area contributed by atoms with Gasteiger partial charge in [0, 0.05) is 31.7 Å². The van der Waals surface area contributed by atoms with E-state index in [0.717, 1.165) is 13.0 Å². The maximum atomic E-state index is 6.13. The quantitative estimate of drug-likeness (QED) is 0.852. The summed E-state index contributed by atoms with van der Waals surface area (Å²) in [5.74, 6) is 0. The van der Waals surface area contributed by atoms with Crippen LogP contribution < -0.4 is 5.73 Å². The van der Waals surface area contributed by atoms with Gasteiger partial charge in [0.1, 0.15) is 0 Å². The number of hydrogen-bond acceptors (Lipinski definition) is 2. The third-order valence-electron chi connectivity index (χ3n) is 3.62. The molecule has 1 aliphatic rings. The van der Waals surface area contributed by atoms with Gasteiger partial charge in [0.25, 0.3) is 0 Å². The summed E-state index contributed by atoms with van der Waals surface area (Å²) in [5.41, 5.74) is 10.1. The molecule has 0 amide bonds. The van der Waals surface area contributed by atoms with E-state index in [1.165, 1.54) is 29.7 Å². The molecule has 2 aromatic heterocycles. The van der Waals surface area contributed by atoms with E-state index < -0.39 is 0 Å². The van der Waals surface area contributed by atoms with Crippen molar-refractivity contribution in [3.63, 3.8) is 0 Å². The van der Waals surface area contributed by atoms with Crippen LogP contribution in [0.5, 0.6) is 0 Å². The average Bonchev–Trinajstić information content (AvgIpc) is 2.87. The molecule has 4 nitrogen and oxygen atoms in total. The van der Waals surface area contributed by atoms with Gasteiger partial charge in [-0.1, -0.05) is 0 Å². The molecule has 3 rings (SSSR count). The lowest BCUT2D eigenvalue weighted by Gasteiger charge is -2.17. The number of aromatic nitrogens is 3. The predicted molar refractivity (Wildman–Crippen MR) is 66.6 cm³/mol. The molecule has 1 unspecified atom stereocenters. The first-order chi connectivity index (χ1) is 8.24. The van der Waals surface area contributed by atoms with Crippen molar-refractivity contribution in [1.29, 1.82) is 0 Å². The van der Waals surface area contributed by atoms with Gasteiger partial charge in [0.2, 0.25) is 0 Å². The summed E-state index contributed by atoms with van der Waals surface area (Å²) >= 11 is 0. The average molecular weight is 230 g/mol. The minimum atomic E-state index is 0.228. The summed E-state index contributed by atoms with van der Waals surface area (Å²) in [7, 11) is 2.03. The summed E-state index contributed by atoms with van der Waals surface area (Å²) in [6.45, 7) is 0.871. The van der Waals surface area contributed by atoms with E-state index in [2.05, 4.69) is 26.5 Å². The molecule has 0 spiro atoms. The first-order valence-electron chi connectivity index (χ1n) is 6.13. The second kappa shape index (κ2) is 4.04. The van der Waals surface area contributed by atoms with E-state index >= 15 is 0 Å². The Bertz CT molecular complexity index is 523. The predicted octanol–water partition coefficient (Wildman–Crippen LogP) is 1.61. The molecule has 90 valence electrons. The molecule has 1 atom stereocenters. The van der Waals surface area contributed by atoms with Crippen LogP contribution in [0.2, 0.25) is 0 Å². The highest BCUT2D eigenvalue weighted by Gasteiger charge is 2.18. The van der Waals surface area contributed by atoms with E-state index in [0.29, 0.717) is 0 Å². The molecular weight excluding hydrogens is 212 g/mol. The summed E-state index contributed by atoms with van der Waals surface area (Å²) in [6, 6.07) is 0.228. The Balaban J connectivity index is 1.88. The minimum Gasteiger partial charge on any atom is -0.348 e. The molecule has 0 aliphatic heterocycles. The van der Waals surface area contributed by atoms with Crippen LogP contribution >= 0.6 is 0 Å². The van der Waals surface area contributed by atoms with Crippen LogP contribution in [0.3, 0.4) is 0 Å². The number of imidazole rings is 1. The van der Waals surface area contributed by atoms with Crippen LogP contribution in [0.4, 0.5) is 0 Å². The fraction of sp³-hybridized carbons (Fsp3) is 0.462.